The van der Waals surface area contributed by atoms with Gasteiger partial charge in [0.2, 0.25) is 0 Å². The first-order valence-electron chi connectivity index (χ1n) is 4.83. The highest BCUT2D eigenvalue weighted by atomic mass is 127. The van der Waals surface area contributed by atoms with Gasteiger partial charge in [0.05, 0.1) is 34.4 Å². The Hall–Kier alpha value is -0.770. The summed E-state index contributed by atoms with van der Waals surface area (Å²) in [5.41, 5.74) is 0.186. The summed E-state index contributed by atoms with van der Waals surface area (Å²) >= 11 is 7.20. The van der Waals surface area contributed by atoms with Gasteiger partial charge in [-0.25, -0.2) is 0 Å². The van der Waals surface area contributed by atoms with Crippen LogP contribution in [0.15, 0.2) is 6.07 Å². The number of halogens is 5. The van der Waals surface area contributed by atoms with Crippen molar-refractivity contribution in [2.75, 3.05) is 7.11 Å². The molecular weight excluding hydrogens is 401 g/mol. The Morgan fingerprint density at radius 2 is 2.16 bits per heavy atom. The highest BCUT2D eigenvalue weighted by Crippen LogP contribution is 2.31. The van der Waals surface area contributed by atoms with Gasteiger partial charge in [-0.1, -0.05) is 0 Å². The molecule has 4 nitrogen and oxygen atoms in total. The van der Waals surface area contributed by atoms with E-state index in [2.05, 4.69) is 14.5 Å². The zero-order chi connectivity index (χ0) is 14.6. The van der Waals surface area contributed by atoms with Crippen molar-refractivity contribution in [1.82, 2.24) is 4.98 Å². The van der Waals surface area contributed by atoms with Crippen LogP contribution in [0.2, 0.25) is 0 Å². The Kier molecular flexibility index (Phi) is 5.65. The third-order valence-electron chi connectivity index (χ3n) is 1.95. The van der Waals surface area contributed by atoms with Gasteiger partial charge >= 0.3 is 12.3 Å². The first-order valence-corrected chi connectivity index (χ1v) is 6.45. The number of pyridine rings is 1. The Balaban J connectivity index is 3.11. The van der Waals surface area contributed by atoms with E-state index in [1.54, 1.807) is 22.6 Å². The fourth-order valence-electron chi connectivity index (χ4n) is 1.23. The van der Waals surface area contributed by atoms with Gasteiger partial charge in [0.1, 0.15) is 0 Å². The lowest BCUT2D eigenvalue weighted by atomic mass is 10.2. The molecule has 19 heavy (non-hydrogen) atoms. The molecule has 0 N–H and O–H groups in total. The van der Waals surface area contributed by atoms with Crippen LogP contribution in [0, 0.1) is 3.57 Å². The maximum atomic E-state index is 12.2. The van der Waals surface area contributed by atoms with E-state index in [0.717, 1.165) is 0 Å². The van der Waals surface area contributed by atoms with Crippen molar-refractivity contribution >= 4 is 40.2 Å². The quantitative estimate of drug-likeness (QED) is 0.436. The van der Waals surface area contributed by atoms with Gasteiger partial charge in [0.15, 0.2) is 5.75 Å². The summed E-state index contributed by atoms with van der Waals surface area (Å²) < 4.78 is 45.2. The van der Waals surface area contributed by atoms with E-state index in [4.69, 9.17) is 11.6 Å². The van der Waals surface area contributed by atoms with Gasteiger partial charge in [-0.05, 0) is 28.7 Å². The van der Waals surface area contributed by atoms with Crippen molar-refractivity contribution in [2.24, 2.45) is 0 Å². The summed E-state index contributed by atoms with van der Waals surface area (Å²) in [6, 6.07) is 1.31. The highest BCUT2D eigenvalue weighted by Gasteiger charge is 2.33. The Morgan fingerprint density at radius 3 is 2.63 bits per heavy atom. The molecule has 0 aliphatic rings. The number of alkyl halides is 4. The second-order valence-electron chi connectivity index (χ2n) is 3.31. The maximum absolute atomic E-state index is 12.2. The Labute approximate surface area is 125 Å². The molecule has 0 radical (unpaired) electrons. The molecule has 0 bridgehead atoms. The molecule has 0 spiro atoms. The number of carbonyl (C=O) groups excluding carboxylic acids is 1. The van der Waals surface area contributed by atoms with E-state index in [0.29, 0.717) is 0 Å². The number of esters is 1. The fraction of sp³-hybridized carbons (Fsp3) is 0.400. The minimum Gasteiger partial charge on any atom is -0.469 e. The van der Waals surface area contributed by atoms with E-state index in [9.17, 15) is 18.0 Å². The molecule has 0 aliphatic carbocycles. The molecule has 0 saturated carbocycles. The molecule has 0 aromatic carbocycles. The minimum absolute atomic E-state index is 0.0789. The molecule has 1 rings (SSSR count). The van der Waals surface area contributed by atoms with E-state index < -0.39 is 18.1 Å². The van der Waals surface area contributed by atoms with Crippen LogP contribution >= 0.6 is 34.2 Å². The van der Waals surface area contributed by atoms with Crippen LogP contribution in [0.3, 0.4) is 0 Å². The summed E-state index contributed by atoms with van der Waals surface area (Å²) in [4.78, 5) is 15.0. The number of ether oxygens (including phenoxy) is 2. The molecule has 0 saturated heterocycles. The highest BCUT2D eigenvalue weighted by molar-refractivity contribution is 14.1. The predicted octanol–water partition coefficient (Wildman–Crippen LogP) is 3.04. The molecule has 0 unspecified atom stereocenters. The average molecular weight is 410 g/mol. The lowest BCUT2D eigenvalue weighted by Gasteiger charge is -2.14. The van der Waals surface area contributed by atoms with Gasteiger partial charge in [-0.2, -0.15) is 0 Å². The van der Waals surface area contributed by atoms with Crippen LogP contribution < -0.4 is 4.74 Å². The van der Waals surface area contributed by atoms with Gasteiger partial charge in [-0.15, -0.1) is 24.8 Å². The fourth-order valence-corrected chi connectivity index (χ4v) is 2.19. The molecule has 0 atom stereocenters. The second-order valence-corrected chi connectivity index (χ2v) is 4.74. The number of nitrogens with zero attached hydrogens (tertiary/aromatic N) is 1. The molecule has 1 aromatic rings. The molecular formula is C10H8ClF3INO3. The summed E-state index contributed by atoms with van der Waals surface area (Å²) in [6.07, 6.45) is -4.98. The van der Waals surface area contributed by atoms with Crippen molar-refractivity contribution < 1.29 is 27.4 Å². The SMILES string of the molecule is COC(=O)Cc1cc(I)c(OC(F)(F)F)c(CCl)n1. The molecule has 1 heterocycles. The number of carbonyl (C=O) groups is 1. The first kappa shape index (κ1) is 16.3. The van der Waals surface area contributed by atoms with Crippen LogP contribution in [-0.2, 0) is 21.8 Å². The number of hydrogen-bond donors (Lipinski definition) is 0. The molecule has 0 aliphatic heterocycles. The van der Waals surface area contributed by atoms with Gasteiger partial charge in [-0.3, -0.25) is 9.78 Å². The number of aromatic nitrogens is 1. The molecule has 9 heteroatoms. The topological polar surface area (TPSA) is 48.4 Å². The number of methoxy groups -OCH3 is 1. The zero-order valence-electron chi connectivity index (χ0n) is 9.55. The van der Waals surface area contributed by atoms with Crippen LogP contribution in [0.25, 0.3) is 0 Å². The van der Waals surface area contributed by atoms with Crippen LogP contribution in [0.4, 0.5) is 13.2 Å². The largest absolute Gasteiger partial charge is 0.573 e. The molecule has 106 valence electrons. The maximum Gasteiger partial charge on any atom is 0.573 e. The van der Waals surface area contributed by atoms with Crippen molar-refractivity contribution in [3.8, 4) is 5.75 Å². The number of hydrogen-bond acceptors (Lipinski definition) is 4. The van der Waals surface area contributed by atoms with Gasteiger partial charge in [0, 0.05) is 0 Å². The van der Waals surface area contributed by atoms with Crippen molar-refractivity contribution in [3.05, 3.63) is 21.0 Å². The Morgan fingerprint density at radius 1 is 1.53 bits per heavy atom. The standard InChI is InChI=1S/C10H8ClF3INO3/c1-18-8(17)3-5-2-6(15)9(7(4-11)16-5)19-10(12,13)14/h2H,3-4H2,1H3. The summed E-state index contributed by atoms with van der Waals surface area (Å²) in [5, 5.41) is 0. The van der Waals surface area contributed by atoms with Crippen LogP contribution in [-0.4, -0.2) is 24.4 Å². The summed E-state index contributed by atoms with van der Waals surface area (Å²) in [5.74, 6) is -1.26. The third-order valence-corrected chi connectivity index (χ3v) is 3.00. The van der Waals surface area contributed by atoms with Crippen LogP contribution in [0.1, 0.15) is 11.4 Å². The summed E-state index contributed by atoms with van der Waals surface area (Å²) in [6.45, 7) is 0. The Bertz CT molecular complexity index is 482. The lowest BCUT2D eigenvalue weighted by molar-refractivity contribution is -0.275. The molecule has 0 amide bonds. The van der Waals surface area contributed by atoms with Gasteiger partial charge in [0.25, 0.3) is 0 Å². The van der Waals surface area contributed by atoms with E-state index in [-0.39, 0.29) is 27.3 Å². The molecule has 1 aromatic heterocycles. The van der Waals surface area contributed by atoms with E-state index in [1.807, 2.05) is 0 Å². The van der Waals surface area contributed by atoms with E-state index in [1.165, 1.54) is 13.2 Å². The van der Waals surface area contributed by atoms with Crippen molar-refractivity contribution in [2.45, 2.75) is 18.7 Å². The zero-order valence-corrected chi connectivity index (χ0v) is 12.5. The smallest absolute Gasteiger partial charge is 0.469 e. The minimum atomic E-state index is -4.83. The van der Waals surface area contributed by atoms with Gasteiger partial charge < -0.3 is 9.47 Å². The molecule has 0 fully saturated rings. The lowest BCUT2D eigenvalue weighted by Crippen LogP contribution is -2.20. The monoisotopic (exact) mass is 409 g/mol. The second kappa shape index (κ2) is 6.60. The predicted molar refractivity (Wildman–Crippen MR) is 68.9 cm³/mol. The van der Waals surface area contributed by atoms with Crippen LogP contribution in [0.5, 0.6) is 5.75 Å². The third kappa shape index (κ3) is 5.01. The first-order chi connectivity index (χ1) is 8.76. The normalized spacial score (nSPS) is 11.3. The van der Waals surface area contributed by atoms with E-state index >= 15 is 0 Å². The summed E-state index contributed by atoms with van der Waals surface area (Å²) in [7, 11) is 1.21. The number of rotatable bonds is 4. The van der Waals surface area contributed by atoms with Crippen molar-refractivity contribution in [1.29, 1.82) is 0 Å². The van der Waals surface area contributed by atoms with Crippen molar-refractivity contribution in [3.63, 3.8) is 0 Å². The average Bonchev–Trinajstić information content (AvgIpc) is 2.30.